The zero-order chi connectivity index (χ0) is 37.0. The predicted octanol–water partition coefficient (Wildman–Crippen LogP) is 3.52. The molecule has 1 aliphatic heterocycles. The number of benzene rings is 3. The van der Waals surface area contributed by atoms with Crippen molar-refractivity contribution in [2.45, 2.75) is 73.5 Å². The Hall–Kier alpha value is -4.48. The van der Waals surface area contributed by atoms with Gasteiger partial charge in [0.05, 0.1) is 47.8 Å². The molecule has 6 rings (SSSR count). The van der Waals surface area contributed by atoms with Crippen molar-refractivity contribution in [1.29, 1.82) is 0 Å². The highest BCUT2D eigenvalue weighted by molar-refractivity contribution is 8.00. The van der Waals surface area contributed by atoms with E-state index in [1.165, 1.54) is 32.2 Å². The van der Waals surface area contributed by atoms with Gasteiger partial charge in [-0.1, -0.05) is 30.3 Å². The molecule has 3 aliphatic rings. The number of aliphatic hydroxyl groups excluding tert-OH is 1. The number of hydrogen-bond acceptors (Lipinski definition) is 12. The van der Waals surface area contributed by atoms with Crippen LogP contribution in [0.25, 0.3) is 0 Å². The van der Waals surface area contributed by atoms with Crippen LogP contribution in [0.4, 0.5) is 13.2 Å². The molecule has 4 unspecified atom stereocenters. The van der Waals surface area contributed by atoms with Gasteiger partial charge in [-0.15, -0.1) is 11.8 Å². The van der Waals surface area contributed by atoms with Crippen LogP contribution in [0.3, 0.4) is 0 Å². The van der Waals surface area contributed by atoms with Crippen molar-refractivity contribution in [3.05, 3.63) is 81.9 Å². The Balaban J connectivity index is 1.42. The molecule has 1 fully saturated rings. The van der Waals surface area contributed by atoms with Gasteiger partial charge in [0.1, 0.15) is 29.0 Å². The van der Waals surface area contributed by atoms with Crippen LogP contribution in [-0.4, -0.2) is 92.9 Å². The summed E-state index contributed by atoms with van der Waals surface area (Å²) in [6.07, 6.45) is -12.9. The number of ketones is 3. The molecular weight excluding hydrogens is 699 g/mol. The number of alkyl halides is 3. The third-order valence-corrected chi connectivity index (χ3v) is 10.3. The van der Waals surface area contributed by atoms with Gasteiger partial charge >= 0.3 is 12.1 Å². The van der Waals surface area contributed by atoms with Crippen molar-refractivity contribution in [2.75, 3.05) is 12.9 Å². The van der Waals surface area contributed by atoms with Crippen LogP contribution in [-0.2, 0) is 25.5 Å². The van der Waals surface area contributed by atoms with Crippen molar-refractivity contribution in [2.24, 2.45) is 0 Å². The number of thioether (sulfide) groups is 1. The quantitative estimate of drug-likeness (QED) is 0.131. The lowest BCUT2D eigenvalue weighted by molar-refractivity contribution is -0.250. The number of phenolic OH excluding ortho intramolecular Hbond substituents is 2. The first-order chi connectivity index (χ1) is 24.1. The number of Topliss-reactive ketones (excluding diaryl/α,β-unsaturated/α-hetero) is 1. The van der Waals surface area contributed by atoms with E-state index < -0.39 is 108 Å². The van der Waals surface area contributed by atoms with Crippen molar-refractivity contribution in [3.63, 3.8) is 0 Å². The fourth-order valence-corrected chi connectivity index (χ4v) is 7.68. The first-order valence-electron chi connectivity index (χ1n) is 15.7. The topological polar surface area (TPSA) is 189 Å². The van der Waals surface area contributed by atoms with Gasteiger partial charge in [-0.3, -0.25) is 19.2 Å². The second-order valence-corrected chi connectivity index (χ2v) is 13.6. The maximum atomic E-state index is 13.9. The Morgan fingerprint density at radius 1 is 1.02 bits per heavy atom. The molecule has 0 bridgehead atoms. The van der Waals surface area contributed by atoms with Gasteiger partial charge in [-0.25, -0.2) is 0 Å². The molecule has 3 aromatic carbocycles. The summed E-state index contributed by atoms with van der Waals surface area (Å²) >= 11 is 1.12. The minimum atomic E-state index is -5.26. The zero-order valence-electron chi connectivity index (χ0n) is 27.0. The number of halogens is 3. The van der Waals surface area contributed by atoms with E-state index in [2.05, 4.69) is 0 Å². The Kier molecular flexibility index (Phi) is 9.67. The van der Waals surface area contributed by atoms with Gasteiger partial charge in [0, 0.05) is 40.8 Å². The number of nitrogens with one attached hydrogen (secondary N) is 1. The Bertz CT molecular complexity index is 1920. The molecule has 5 N–H and O–H groups in total. The summed E-state index contributed by atoms with van der Waals surface area (Å²) in [4.78, 5) is 53.9. The van der Waals surface area contributed by atoms with Crippen molar-refractivity contribution in [3.8, 4) is 17.2 Å². The van der Waals surface area contributed by atoms with E-state index in [4.69, 9.17) is 14.2 Å². The molecule has 51 heavy (non-hydrogen) atoms. The summed E-state index contributed by atoms with van der Waals surface area (Å²) in [5.41, 5.74) is -4.27. The number of methoxy groups -OCH3 is 1. The van der Waals surface area contributed by atoms with Crippen molar-refractivity contribution >= 4 is 35.0 Å². The van der Waals surface area contributed by atoms with E-state index >= 15 is 0 Å². The molecule has 1 heterocycles. The predicted molar refractivity (Wildman–Crippen MR) is 172 cm³/mol. The molecule has 1 amide bonds. The lowest BCUT2D eigenvalue weighted by Gasteiger charge is -2.43. The fourth-order valence-electron chi connectivity index (χ4n) is 6.76. The van der Waals surface area contributed by atoms with E-state index in [-0.39, 0.29) is 33.8 Å². The highest BCUT2D eigenvalue weighted by Gasteiger charge is 2.51. The van der Waals surface area contributed by atoms with E-state index in [9.17, 15) is 52.8 Å². The number of rotatable bonds is 8. The number of carbonyl (C=O) groups is 4. The lowest BCUT2D eigenvalue weighted by atomic mass is 9.72. The van der Waals surface area contributed by atoms with E-state index in [1.807, 2.05) is 0 Å². The average Bonchev–Trinajstić information content (AvgIpc) is 3.09. The van der Waals surface area contributed by atoms with Crippen LogP contribution in [0.2, 0.25) is 0 Å². The third-order valence-electron chi connectivity index (χ3n) is 9.30. The van der Waals surface area contributed by atoms with E-state index in [0.717, 1.165) is 11.8 Å². The first-order valence-corrected chi connectivity index (χ1v) is 16.7. The minimum absolute atomic E-state index is 0.0203. The van der Waals surface area contributed by atoms with E-state index in [1.54, 1.807) is 35.6 Å². The molecule has 1 saturated heterocycles. The number of hydrogen-bond donors (Lipinski definition) is 5. The second-order valence-electron chi connectivity index (χ2n) is 12.5. The minimum Gasteiger partial charge on any atom is -0.507 e. The Morgan fingerprint density at radius 3 is 2.37 bits per heavy atom. The van der Waals surface area contributed by atoms with E-state index in [0.29, 0.717) is 4.90 Å². The standard InChI is InChI=1S/C35H32F3NO11S/c1-15-28(41)19(39-33(46)35(36,37)38)11-23(49-15)50-21-13-34(47,22(40)14-51-16-7-4-3-5-8-16)12-18-25(21)32(45)27-26(30(18)43)29(42)17-9-6-10-20(48-2)24(17)31(27)44/h3-10,15,19,21,23,28,41,43,45,47H,11-14H2,1-2H3,(H,39,46)/t15?,19?,21-,23?,28?,34-/m0/s1. The number of aromatic hydroxyl groups is 2. The number of aliphatic hydroxyl groups is 2. The Labute approximate surface area is 292 Å². The summed E-state index contributed by atoms with van der Waals surface area (Å²) in [5.74, 6) is -6.55. The lowest BCUT2D eigenvalue weighted by Crippen LogP contribution is -2.57. The summed E-state index contributed by atoms with van der Waals surface area (Å²) < 4.78 is 56.3. The number of ether oxygens (including phenoxy) is 3. The van der Waals surface area contributed by atoms with Crippen LogP contribution in [0, 0.1) is 0 Å². The second kappa shape index (κ2) is 13.6. The summed E-state index contributed by atoms with van der Waals surface area (Å²) in [6, 6.07) is 11.5. The maximum Gasteiger partial charge on any atom is 0.471 e. The number of phenols is 2. The highest BCUT2D eigenvalue weighted by atomic mass is 32.2. The largest absolute Gasteiger partial charge is 0.507 e. The third kappa shape index (κ3) is 6.57. The first kappa shape index (κ1) is 36.3. The summed E-state index contributed by atoms with van der Waals surface area (Å²) in [7, 11) is 1.28. The molecular formula is C35H32F3NO11S. The van der Waals surface area contributed by atoms with Gasteiger partial charge in [-0.05, 0) is 25.1 Å². The average molecular weight is 732 g/mol. The smallest absolute Gasteiger partial charge is 0.471 e. The van der Waals surface area contributed by atoms with Crippen LogP contribution in [0.15, 0.2) is 53.4 Å². The fraction of sp³-hybridized carbons (Fsp3) is 0.371. The van der Waals surface area contributed by atoms with Crippen molar-refractivity contribution < 1.29 is 67.0 Å². The van der Waals surface area contributed by atoms with Crippen LogP contribution in [0.5, 0.6) is 17.2 Å². The summed E-state index contributed by atoms with van der Waals surface area (Å²) in [6.45, 7) is 1.32. The van der Waals surface area contributed by atoms with Crippen LogP contribution < -0.4 is 10.1 Å². The normalized spacial score (nSPS) is 25.7. The number of amides is 1. The van der Waals surface area contributed by atoms with Crippen LogP contribution in [0.1, 0.15) is 68.8 Å². The van der Waals surface area contributed by atoms with Crippen LogP contribution >= 0.6 is 11.8 Å². The number of fused-ring (bicyclic) bond motifs is 3. The highest BCUT2D eigenvalue weighted by Crippen LogP contribution is 2.52. The van der Waals surface area contributed by atoms with Gasteiger partial charge in [0.2, 0.25) is 5.78 Å². The van der Waals surface area contributed by atoms with Gasteiger partial charge in [0.15, 0.2) is 17.9 Å². The van der Waals surface area contributed by atoms with Gasteiger partial charge in [-0.2, -0.15) is 13.2 Å². The molecule has 12 nitrogen and oxygen atoms in total. The molecule has 0 saturated carbocycles. The molecule has 0 spiro atoms. The van der Waals surface area contributed by atoms with Crippen molar-refractivity contribution in [1.82, 2.24) is 5.32 Å². The molecule has 0 radical (unpaired) electrons. The molecule has 16 heteroatoms. The molecule has 2 aliphatic carbocycles. The Morgan fingerprint density at radius 2 is 1.71 bits per heavy atom. The SMILES string of the molecule is COc1cccc2c1C(=O)c1c(O)c3c(c(O)c1C2=O)C[C@@](O)(C(=O)CSc1ccccc1)C[C@@H]3OC1CC(NC(=O)C(F)(F)F)C(O)C(C)O1. The van der Waals surface area contributed by atoms with Gasteiger partial charge in [0.25, 0.3) is 0 Å². The molecule has 3 aromatic rings. The zero-order valence-corrected chi connectivity index (χ0v) is 27.8. The molecule has 0 aromatic heterocycles. The molecule has 270 valence electrons. The monoisotopic (exact) mass is 731 g/mol. The number of carbonyl (C=O) groups excluding carboxylic acids is 4. The van der Waals surface area contributed by atoms with Gasteiger partial charge < -0.3 is 40.0 Å². The molecule has 6 atom stereocenters. The summed E-state index contributed by atoms with van der Waals surface area (Å²) in [5, 5.41) is 47.6. The maximum absolute atomic E-state index is 13.9.